The number of fused-ring (bicyclic) bond motifs is 1. The van der Waals surface area contributed by atoms with Crippen LogP contribution in [0.4, 0.5) is 4.79 Å². The van der Waals surface area contributed by atoms with Crippen LogP contribution in [0.15, 0.2) is 24.3 Å². The molecule has 2 aliphatic heterocycles. The summed E-state index contributed by atoms with van der Waals surface area (Å²) in [6, 6.07) is 7.15. The third-order valence-electron chi connectivity index (χ3n) is 4.34. The van der Waals surface area contributed by atoms with Gasteiger partial charge < -0.3 is 24.8 Å². The van der Waals surface area contributed by atoms with Gasteiger partial charge in [-0.05, 0) is 24.5 Å². The fraction of sp³-hybridized carbons (Fsp3) is 0.529. The Balaban J connectivity index is 1.51. The Morgan fingerprint density at radius 2 is 2.04 bits per heavy atom. The van der Waals surface area contributed by atoms with Crippen LogP contribution in [0.1, 0.15) is 13.3 Å². The molecule has 3 unspecified atom stereocenters. The molecular formula is C17H22N2O5. The number of piperidine rings is 1. The minimum Gasteiger partial charge on any atom is -0.486 e. The van der Waals surface area contributed by atoms with Gasteiger partial charge in [0.2, 0.25) is 0 Å². The van der Waals surface area contributed by atoms with Gasteiger partial charge in [0, 0.05) is 13.1 Å². The summed E-state index contributed by atoms with van der Waals surface area (Å²) in [4.78, 5) is 25.1. The number of amides is 2. The lowest BCUT2D eigenvalue weighted by atomic mass is 9.91. The number of carbonyl (C=O) groups is 2. The van der Waals surface area contributed by atoms with Crippen molar-refractivity contribution in [3.8, 4) is 11.5 Å². The Labute approximate surface area is 140 Å². The first-order valence-electron chi connectivity index (χ1n) is 8.17. The summed E-state index contributed by atoms with van der Waals surface area (Å²) in [5.74, 6) is 0.196. The highest BCUT2D eigenvalue weighted by molar-refractivity contribution is 5.76. The Hall–Kier alpha value is -2.44. The van der Waals surface area contributed by atoms with Gasteiger partial charge >= 0.3 is 12.0 Å². The number of para-hydroxylation sites is 2. The summed E-state index contributed by atoms with van der Waals surface area (Å²) in [5, 5.41) is 12.0. The molecule has 3 rings (SSSR count). The fourth-order valence-electron chi connectivity index (χ4n) is 3.17. The van der Waals surface area contributed by atoms with E-state index in [1.165, 1.54) is 0 Å². The van der Waals surface area contributed by atoms with Crippen LogP contribution in [0.2, 0.25) is 0 Å². The van der Waals surface area contributed by atoms with Crippen LogP contribution in [0.25, 0.3) is 0 Å². The second kappa shape index (κ2) is 6.98. The van der Waals surface area contributed by atoms with Crippen LogP contribution < -0.4 is 14.8 Å². The highest BCUT2D eigenvalue weighted by atomic mass is 16.6. The molecule has 2 aliphatic rings. The van der Waals surface area contributed by atoms with Crippen LogP contribution in [-0.4, -0.2) is 54.4 Å². The van der Waals surface area contributed by atoms with Gasteiger partial charge in [-0.1, -0.05) is 19.1 Å². The van der Waals surface area contributed by atoms with Crippen molar-refractivity contribution in [1.29, 1.82) is 0 Å². The zero-order valence-corrected chi connectivity index (χ0v) is 13.6. The van der Waals surface area contributed by atoms with Crippen molar-refractivity contribution in [2.75, 3.05) is 26.2 Å². The number of aliphatic carboxylic acids is 1. The molecule has 0 aliphatic carbocycles. The lowest BCUT2D eigenvalue weighted by Crippen LogP contribution is -2.51. The maximum absolute atomic E-state index is 12.3. The summed E-state index contributed by atoms with van der Waals surface area (Å²) in [5.41, 5.74) is 0. The van der Waals surface area contributed by atoms with Crippen LogP contribution in [0, 0.1) is 11.8 Å². The van der Waals surface area contributed by atoms with E-state index in [9.17, 15) is 14.7 Å². The second-order valence-electron chi connectivity index (χ2n) is 6.46. The first-order chi connectivity index (χ1) is 11.5. The Kier molecular flexibility index (Phi) is 4.78. The highest BCUT2D eigenvalue weighted by Gasteiger charge is 2.32. The second-order valence-corrected chi connectivity index (χ2v) is 6.46. The van der Waals surface area contributed by atoms with E-state index in [0.29, 0.717) is 37.6 Å². The normalized spacial score (nSPS) is 25.9. The SMILES string of the molecule is CC1CC(C(=O)O)CN(C(=O)NCC2COc3ccccc3O2)C1. The minimum atomic E-state index is -0.847. The quantitative estimate of drug-likeness (QED) is 0.876. The van der Waals surface area contributed by atoms with Crippen molar-refractivity contribution < 1.29 is 24.2 Å². The van der Waals surface area contributed by atoms with Gasteiger partial charge in [0.25, 0.3) is 0 Å². The summed E-state index contributed by atoms with van der Waals surface area (Å²) >= 11 is 0. The van der Waals surface area contributed by atoms with Gasteiger partial charge in [-0.3, -0.25) is 4.79 Å². The van der Waals surface area contributed by atoms with Crippen molar-refractivity contribution >= 4 is 12.0 Å². The number of carboxylic acid groups (broad SMARTS) is 1. The number of nitrogens with one attached hydrogen (secondary N) is 1. The van der Waals surface area contributed by atoms with Crippen LogP contribution in [0.3, 0.4) is 0 Å². The highest BCUT2D eigenvalue weighted by Crippen LogP contribution is 2.30. The van der Waals surface area contributed by atoms with Crippen LogP contribution in [-0.2, 0) is 4.79 Å². The molecule has 2 heterocycles. The standard InChI is InChI=1S/C17H22N2O5/c1-11-6-12(16(20)21)9-19(8-11)17(22)18-7-13-10-23-14-4-2-3-5-15(14)24-13/h2-5,11-13H,6-10H2,1H3,(H,18,22)(H,20,21). The summed E-state index contributed by atoms with van der Waals surface area (Å²) < 4.78 is 11.4. The van der Waals surface area contributed by atoms with E-state index < -0.39 is 11.9 Å². The molecule has 1 aromatic rings. The van der Waals surface area contributed by atoms with Crippen LogP contribution >= 0.6 is 0 Å². The molecule has 3 atom stereocenters. The van der Waals surface area contributed by atoms with Crippen molar-refractivity contribution in [3.63, 3.8) is 0 Å². The first kappa shape index (κ1) is 16.4. The molecule has 24 heavy (non-hydrogen) atoms. The van der Waals surface area contributed by atoms with Crippen molar-refractivity contribution in [2.24, 2.45) is 11.8 Å². The van der Waals surface area contributed by atoms with E-state index in [4.69, 9.17) is 9.47 Å². The molecule has 1 fully saturated rings. The number of rotatable bonds is 3. The lowest BCUT2D eigenvalue weighted by Gasteiger charge is -2.35. The van der Waals surface area contributed by atoms with Gasteiger partial charge in [-0.2, -0.15) is 0 Å². The molecule has 1 saturated heterocycles. The fourth-order valence-corrected chi connectivity index (χ4v) is 3.17. The van der Waals surface area contributed by atoms with Gasteiger partial charge in [0.15, 0.2) is 17.6 Å². The molecule has 7 nitrogen and oxygen atoms in total. The van der Waals surface area contributed by atoms with Gasteiger partial charge in [0.05, 0.1) is 12.5 Å². The Morgan fingerprint density at radius 1 is 1.29 bits per heavy atom. The van der Waals surface area contributed by atoms with Crippen molar-refractivity contribution in [3.05, 3.63) is 24.3 Å². The third kappa shape index (κ3) is 3.72. The molecule has 0 bridgehead atoms. The average molecular weight is 334 g/mol. The molecule has 0 saturated carbocycles. The van der Waals surface area contributed by atoms with E-state index in [1.54, 1.807) is 4.90 Å². The number of hydrogen-bond acceptors (Lipinski definition) is 4. The topological polar surface area (TPSA) is 88.1 Å². The molecular weight excluding hydrogens is 312 g/mol. The first-order valence-corrected chi connectivity index (χ1v) is 8.17. The molecule has 1 aromatic carbocycles. The van der Waals surface area contributed by atoms with E-state index in [1.807, 2.05) is 31.2 Å². The Morgan fingerprint density at radius 3 is 2.79 bits per heavy atom. The van der Waals surface area contributed by atoms with Gasteiger partial charge in [-0.15, -0.1) is 0 Å². The molecule has 0 aromatic heterocycles. The zero-order valence-electron chi connectivity index (χ0n) is 13.6. The van der Waals surface area contributed by atoms with Gasteiger partial charge in [0.1, 0.15) is 6.61 Å². The predicted molar refractivity (Wildman–Crippen MR) is 86.2 cm³/mol. The van der Waals surface area contributed by atoms with Gasteiger partial charge in [-0.25, -0.2) is 4.79 Å². The number of carbonyl (C=O) groups excluding carboxylic acids is 1. The largest absolute Gasteiger partial charge is 0.486 e. The summed E-state index contributed by atoms with van der Waals surface area (Å²) in [6.45, 7) is 3.46. The number of urea groups is 1. The van der Waals surface area contributed by atoms with E-state index >= 15 is 0 Å². The van der Waals surface area contributed by atoms with E-state index in [2.05, 4.69) is 5.32 Å². The third-order valence-corrected chi connectivity index (χ3v) is 4.34. The smallest absolute Gasteiger partial charge is 0.317 e. The predicted octanol–water partition coefficient (Wildman–Crippen LogP) is 1.58. The zero-order chi connectivity index (χ0) is 17.1. The number of likely N-dealkylation sites (tertiary alicyclic amines) is 1. The molecule has 2 amide bonds. The van der Waals surface area contributed by atoms with E-state index in [0.717, 1.165) is 0 Å². The summed E-state index contributed by atoms with van der Waals surface area (Å²) in [7, 11) is 0. The Bertz CT molecular complexity index is 621. The number of benzene rings is 1. The molecule has 0 radical (unpaired) electrons. The van der Waals surface area contributed by atoms with Crippen molar-refractivity contribution in [1.82, 2.24) is 10.2 Å². The molecule has 130 valence electrons. The number of ether oxygens (including phenoxy) is 2. The average Bonchev–Trinajstić information content (AvgIpc) is 2.58. The van der Waals surface area contributed by atoms with Crippen molar-refractivity contribution in [2.45, 2.75) is 19.4 Å². The van der Waals surface area contributed by atoms with Crippen LogP contribution in [0.5, 0.6) is 11.5 Å². The maximum atomic E-state index is 12.3. The van der Waals surface area contributed by atoms with E-state index in [-0.39, 0.29) is 24.6 Å². The molecule has 2 N–H and O–H groups in total. The molecule has 7 heteroatoms. The number of hydrogen-bond donors (Lipinski definition) is 2. The molecule has 0 spiro atoms. The summed E-state index contributed by atoms with van der Waals surface area (Å²) in [6.07, 6.45) is 0.344. The number of carboxylic acids is 1. The minimum absolute atomic E-state index is 0.173. The number of nitrogens with zero attached hydrogens (tertiary/aromatic N) is 1. The lowest BCUT2D eigenvalue weighted by molar-refractivity contribution is -0.143. The monoisotopic (exact) mass is 334 g/mol. The maximum Gasteiger partial charge on any atom is 0.317 e.